The van der Waals surface area contributed by atoms with Crippen molar-refractivity contribution in [1.82, 2.24) is 15.2 Å². The fourth-order valence-corrected chi connectivity index (χ4v) is 8.98. The van der Waals surface area contributed by atoms with Crippen LogP contribution in [-0.2, 0) is 0 Å². The Labute approximate surface area is 281 Å². The minimum Gasteiger partial charge on any atom is -0.381 e. The number of nitrogens with one attached hydrogen (secondary N) is 2. The fraction of sp³-hybridized carbons (Fsp3) is 0.409. The Hall–Kier alpha value is -3.98. The Morgan fingerprint density at radius 2 is 1.51 bits per heavy atom. The molecule has 0 bridgehead atoms. The number of hydrogen-bond acceptors (Lipinski definition) is 2. The zero-order valence-electron chi connectivity index (χ0n) is 28.2. The Bertz CT molecular complexity index is 1780. The monoisotopic (exact) mass is 621 g/mol. The van der Waals surface area contributed by atoms with Crippen LogP contribution in [-0.4, -0.2) is 28.5 Å². The second-order valence-electron chi connectivity index (χ2n) is 15.0. The van der Waals surface area contributed by atoms with Crippen molar-refractivity contribution in [2.45, 2.75) is 83.1 Å². The van der Waals surface area contributed by atoms with E-state index in [1.54, 1.807) is 0 Å². The summed E-state index contributed by atoms with van der Waals surface area (Å²) in [5.74, 6) is 2.82. The molecular formula is C44H51N3. The van der Waals surface area contributed by atoms with Crippen LogP contribution in [0.15, 0.2) is 97.7 Å². The Balaban J connectivity index is 1.06. The lowest BCUT2D eigenvalue weighted by Crippen LogP contribution is -2.32. The average Bonchev–Trinajstić information content (AvgIpc) is 3.84. The number of piperidine rings is 1. The molecule has 2 atom stereocenters. The standard InChI is InChI=1S/C44H51N3/c1-3-32-9-7-10-33(15-14-32)29-34-22-27-47(28-23-34)31(2)38-20-21-41-39(30-38)42(43(46-41)40-13-8-26-45-44(40)24-25-44)37-18-16-36(17-19-37)35-11-5-4-6-12-35/h4-6,8,11-13,16-21,26,30,32-34,45-46H,2-3,7,9-10,14-15,22-25,27-29H2,1H3. The second-order valence-corrected chi connectivity index (χ2v) is 15.0. The fourth-order valence-electron chi connectivity index (χ4n) is 8.98. The van der Waals surface area contributed by atoms with E-state index >= 15 is 0 Å². The maximum absolute atomic E-state index is 4.69. The first kappa shape index (κ1) is 30.4. The molecule has 3 heterocycles. The van der Waals surface area contributed by atoms with Crippen molar-refractivity contribution in [3.8, 4) is 22.3 Å². The molecule has 1 saturated heterocycles. The summed E-state index contributed by atoms with van der Waals surface area (Å²) >= 11 is 0. The highest BCUT2D eigenvalue weighted by Gasteiger charge is 2.47. The van der Waals surface area contributed by atoms with E-state index in [1.807, 2.05) is 0 Å². The number of nitrogens with zero attached hydrogens (tertiary/aromatic N) is 1. The number of likely N-dealkylation sites (tertiary alicyclic amines) is 1. The SMILES string of the molecule is C=C(c1ccc2[nH]c(C3=CC=CNC34CC4)c(-c3ccc(-c4ccccc4)cc3)c2c1)N1CCC(CC2CCCC(CC)CC2)CC1. The van der Waals surface area contributed by atoms with Crippen molar-refractivity contribution in [1.29, 1.82) is 0 Å². The van der Waals surface area contributed by atoms with E-state index in [0.29, 0.717) is 0 Å². The van der Waals surface area contributed by atoms with E-state index in [4.69, 9.17) is 0 Å². The van der Waals surface area contributed by atoms with Gasteiger partial charge in [-0.25, -0.2) is 0 Å². The van der Waals surface area contributed by atoms with Gasteiger partial charge in [-0.2, -0.15) is 0 Å². The molecule has 3 heteroatoms. The molecule has 0 amide bonds. The van der Waals surface area contributed by atoms with Gasteiger partial charge >= 0.3 is 0 Å². The first-order valence-electron chi connectivity index (χ1n) is 18.5. The van der Waals surface area contributed by atoms with Crippen LogP contribution < -0.4 is 5.32 Å². The topological polar surface area (TPSA) is 31.1 Å². The van der Waals surface area contributed by atoms with E-state index < -0.39 is 0 Å². The minimum absolute atomic E-state index is 0.0551. The van der Waals surface area contributed by atoms with Gasteiger partial charge in [0.15, 0.2) is 0 Å². The molecule has 0 radical (unpaired) electrons. The summed E-state index contributed by atoms with van der Waals surface area (Å²) in [7, 11) is 0. The lowest BCUT2D eigenvalue weighted by molar-refractivity contribution is 0.215. The predicted octanol–water partition coefficient (Wildman–Crippen LogP) is 11.2. The van der Waals surface area contributed by atoms with Gasteiger partial charge in [0.25, 0.3) is 0 Å². The van der Waals surface area contributed by atoms with Gasteiger partial charge < -0.3 is 15.2 Å². The molecule has 2 aliphatic carbocycles. The van der Waals surface area contributed by atoms with Gasteiger partial charge in [-0.3, -0.25) is 0 Å². The van der Waals surface area contributed by atoms with Gasteiger partial charge in [0.1, 0.15) is 0 Å². The number of rotatable bonds is 8. The highest BCUT2D eigenvalue weighted by atomic mass is 15.1. The van der Waals surface area contributed by atoms with E-state index in [2.05, 4.69) is 120 Å². The van der Waals surface area contributed by atoms with Crippen LogP contribution in [0.25, 0.3) is 44.4 Å². The van der Waals surface area contributed by atoms with Crippen molar-refractivity contribution < 1.29 is 0 Å². The van der Waals surface area contributed by atoms with E-state index in [-0.39, 0.29) is 5.54 Å². The summed E-state index contributed by atoms with van der Waals surface area (Å²) in [6.45, 7) is 9.34. The van der Waals surface area contributed by atoms with Crippen molar-refractivity contribution >= 4 is 22.2 Å². The average molecular weight is 622 g/mol. The molecular weight excluding hydrogens is 571 g/mol. The van der Waals surface area contributed by atoms with Gasteiger partial charge in [-0.15, -0.1) is 0 Å². The van der Waals surface area contributed by atoms with E-state index in [0.717, 1.165) is 30.8 Å². The summed E-state index contributed by atoms with van der Waals surface area (Å²) in [5.41, 5.74) is 11.3. The third-order valence-corrected chi connectivity index (χ3v) is 12.1. The third kappa shape index (κ3) is 6.10. The van der Waals surface area contributed by atoms with Crippen LogP contribution in [0, 0.1) is 17.8 Å². The number of aromatic amines is 1. The molecule has 1 spiro atoms. The van der Waals surface area contributed by atoms with Gasteiger partial charge in [0.05, 0.1) is 11.2 Å². The third-order valence-electron chi connectivity index (χ3n) is 12.1. The molecule has 242 valence electrons. The van der Waals surface area contributed by atoms with Crippen LogP contribution in [0.3, 0.4) is 0 Å². The van der Waals surface area contributed by atoms with Crippen LogP contribution in [0.1, 0.15) is 88.8 Å². The molecule has 2 aliphatic heterocycles. The zero-order chi connectivity index (χ0) is 31.8. The Kier molecular flexibility index (Phi) is 8.34. The largest absolute Gasteiger partial charge is 0.381 e. The first-order chi connectivity index (χ1) is 23.1. The molecule has 3 aromatic carbocycles. The molecule has 2 N–H and O–H groups in total. The highest BCUT2D eigenvalue weighted by Crippen LogP contribution is 2.51. The van der Waals surface area contributed by atoms with Gasteiger partial charge in [-0.05, 0) is 96.5 Å². The number of aromatic nitrogens is 1. The van der Waals surface area contributed by atoms with Crippen LogP contribution in [0.2, 0.25) is 0 Å². The second kappa shape index (κ2) is 12.9. The summed E-state index contributed by atoms with van der Waals surface area (Å²) < 4.78 is 0. The smallest absolute Gasteiger partial charge is 0.0642 e. The number of hydrogen-bond donors (Lipinski definition) is 2. The molecule has 2 saturated carbocycles. The van der Waals surface area contributed by atoms with E-state index in [9.17, 15) is 0 Å². The summed E-state index contributed by atoms with van der Waals surface area (Å²) in [4.78, 5) is 6.46. The minimum atomic E-state index is 0.0551. The lowest BCUT2D eigenvalue weighted by Gasteiger charge is -2.36. The number of benzene rings is 3. The predicted molar refractivity (Wildman–Crippen MR) is 200 cm³/mol. The van der Waals surface area contributed by atoms with Crippen molar-refractivity contribution in [3.63, 3.8) is 0 Å². The highest BCUT2D eigenvalue weighted by molar-refractivity contribution is 6.04. The van der Waals surface area contributed by atoms with Crippen molar-refractivity contribution in [2.24, 2.45) is 17.8 Å². The molecule has 8 rings (SSSR count). The van der Waals surface area contributed by atoms with Crippen LogP contribution >= 0.6 is 0 Å². The van der Waals surface area contributed by atoms with Crippen LogP contribution in [0.4, 0.5) is 0 Å². The van der Waals surface area contributed by atoms with Gasteiger partial charge in [-0.1, -0.05) is 119 Å². The van der Waals surface area contributed by atoms with Crippen LogP contribution in [0.5, 0.6) is 0 Å². The van der Waals surface area contributed by atoms with Gasteiger partial charge in [0, 0.05) is 40.8 Å². The Morgan fingerprint density at radius 3 is 2.28 bits per heavy atom. The molecule has 3 nitrogen and oxygen atoms in total. The normalized spacial score (nSPS) is 22.6. The number of allylic oxidation sites excluding steroid dienone is 2. The van der Waals surface area contributed by atoms with Crippen molar-refractivity contribution in [2.75, 3.05) is 13.1 Å². The summed E-state index contributed by atoms with van der Waals surface area (Å²) in [6.07, 6.45) is 21.7. The molecule has 4 aliphatic rings. The number of dihydropyridines is 1. The molecule has 47 heavy (non-hydrogen) atoms. The van der Waals surface area contributed by atoms with E-state index in [1.165, 1.54) is 126 Å². The maximum Gasteiger partial charge on any atom is 0.0642 e. The number of H-pyrrole nitrogens is 1. The Morgan fingerprint density at radius 1 is 0.809 bits per heavy atom. The zero-order valence-corrected chi connectivity index (χ0v) is 28.2. The first-order valence-corrected chi connectivity index (χ1v) is 18.5. The molecule has 3 fully saturated rings. The van der Waals surface area contributed by atoms with Crippen molar-refractivity contribution in [3.05, 3.63) is 109 Å². The number of fused-ring (bicyclic) bond motifs is 1. The maximum atomic E-state index is 4.69. The lowest BCUT2D eigenvalue weighted by atomic mass is 9.83. The van der Waals surface area contributed by atoms with Gasteiger partial charge in [0.2, 0.25) is 0 Å². The summed E-state index contributed by atoms with van der Waals surface area (Å²) in [6, 6.07) is 26.8. The quantitative estimate of drug-likeness (QED) is 0.192. The summed E-state index contributed by atoms with van der Waals surface area (Å²) in [5, 5.41) is 4.97. The molecule has 2 unspecified atom stereocenters. The molecule has 4 aromatic rings. The molecule has 1 aromatic heterocycles.